The lowest BCUT2D eigenvalue weighted by molar-refractivity contribution is 0.469. The van der Waals surface area contributed by atoms with Gasteiger partial charge < -0.3 is 5.32 Å². The van der Waals surface area contributed by atoms with E-state index in [1.807, 2.05) is 24.3 Å². The van der Waals surface area contributed by atoms with E-state index in [4.69, 9.17) is 11.6 Å². The summed E-state index contributed by atoms with van der Waals surface area (Å²) in [5.41, 5.74) is 1.21. The molecular weight excluding hydrogens is 270 g/mol. The molecule has 1 aromatic carbocycles. The lowest BCUT2D eigenvalue weighted by atomic mass is 10.1. The summed E-state index contributed by atoms with van der Waals surface area (Å²) in [5.74, 6) is 0.594. The number of halogens is 1. The molecule has 0 aliphatic carbocycles. The van der Waals surface area contributed by atoms with Crippen molar-refractivity contribution in [2.45, 2.75) is 31.8 Å². The Bertz CT molecular complexity index is 498. The number of sulfone groups is 1. The molecule has 0 spiro atoms. The molecule has 2 unspecified atom stereocenters. The molecule has 1 aliphatic heterocycles. The van der Waals surface area contributed by atoms with Crippen LogP contribution in [0.3, 0.4) is 0 Å². The van der Waals surface area contributed by atoms with Crippen molar-refractivity contribution in [3.05, 3.63) is 34.9 Å². The average molecular weight is 288 g/mol. The summed E-state index contributed by atoms with van der Waals surface area (Å²) in [7, 11) is -2.80. The Morgan fingerprint density at radius 1 is 1.39 bits per heavy atom. The zero-order valence-corrected chi connectivity index (χ0v) is 12.0. The summed E-state index contributed by atoms with van der Waals surface area (Å²) in [5, 5.41) is 4.12. The molecule has 1 saturated heterocycles. The quantitative estimate of drug-likeness (QED) is 0.922. The molecule has 0 aromatic heterocycles. The highest BCUT2D eigenvalue weighted by atomic mass is 35.5. The lowest BCUT2D eigenvalue weighted by Crippen LogP contribution is -2.38. The van der Waals surface area contributed by atoms with E-state index in [9.17, 15) is 8.42 Å². The highest BCUT2D eigenvalue weighted by Crippen LogP contribution is 2.14. The predicted octanol–water partition coefficient (Wildman–Crippen LogP) is 2.05. The summed E-state index contributed by atoms with van der Waals surface area (Å²) in [4.78, 5) is 0. The molecule has 0 radical (unpaired) electrons. The molecule has 100 valence electrons. The van der Waals surface area contributed by atoms with Gasteiger partial charge in [-0.2, -0.15) is 0 Å². The highest BCUT2D eigenvalue weighted by molar-refractivity contribution is 7.91. The summed E-state index contributed by atoms with van der Waals surface area (Å²) < 4.78 is 22.7. The first-order valence-electron chi connectivity index (χ1n) is 6.15. The van der Waals surface area contributed by atoms with E-state index in [2.05, 4.69) is 12.2 Å². The maximum atomic E-state index is 11.4. The third-order valence-corrected chi connectivity index (χ3v) is 5.23. The van der Waals surface area contributed by atoms with Crippen LogP contribution in [0.15, 0.2) is 24.3 Å². The van der Waals surface area contributed by atoms with Crippen molar-refractivity contribution in [2.75, 3.05) is 11.5 Å². The molecular formula is C13H18ClNO2S. The van der Waals surface area contributed by atoms with Crippen molar-refractivity contribution in [3.63, 3.8) is 0 Å². The molecule has 1 fully saturated rings. The first kappa shape index (κ1) is 13.8. The first-order valence-corrected chi connectivity index (χ1v) is 8.35. The minimum absolute atomic E-state index is 0.109. The van der Waals surface area contributed by atoms with Crippen LogP contribution in [-0.4, -0.2) is 32.0 Å². The van der Waals surface area contributed by atoms with E-state index in [0.29, 0.717) is 5.75 Å². The third kappa shape index (κ3) is 3.97. The molecule has 0 amide bonds. The maximum Gasteiger partial charge on any atom is 0.151 e. The monoisotopic (exact) mass is 287 g/mol. The Hall–Kier alpha value is -0.580. The Balaban J connectivity index is 1.86. The van der Waals surface area contributed by atoms with Gasteiger partial charge in [-0.15, -0.1) is 0 Å². The van der Waals surface area contributed by atoms with Crippen molar-refractivity contribution < 1.29 is 8.42 Å². The van der Waals surface area contributed by atoms with E-state index in [1.54, 1.807) is 0 Å². The smallest absolute Gasteiger partial charge is 0.151 e. The van der Waals surface area contributed by atoms with Crippen LogP contribution in [-0.2, 0) is 16.3 Å². The number of benzene rings is 1. The summed E-state index contributed by atoms with van der Waals surface area (Å²) in [6.45, 7) is 2.08. The molecule has 1 aliphatic rings. The Kier molecular flexibility index (Phi) is 4.30. The van der Waals surface area contributed by atoms with Gasteiger partial charge in [0.1, 0.15) is 0 Å². The van der Waals surface area contributed by atoms with Gasteiger partial charge in [-0.3, -0.25) is 0 Å². The van der Waals surface area contributed by atoms with Crippen LogP contribution in [0.1, 0.15) is 18.9 Å². The van der Waals surface area contributed by atoms with Crippen molar-refractivity contribution in [1.29, 1.82) is 0 Å². The van der Waals surface area contributed by atoms with Crippen molar-refractivity contribution >= 4 is 21.4 Å². The van der Waals surface area contributed by atoms with Crippen molar-refractivity contribution in [3.8, 4) is 0 Å². The molecule has 1 heterocycles. The number of hydrogen-bond donors (Lipinski definition) is 1. The largest absolute Gasteiger partial charge is 0.310 e. The molecule has 0 saturated carbocycles. The third-order valence-electron chi connectivity index (χ3n) is 3.21. The molecule has 2 atom stereocenters. The average Bonchev–Trinajstić information content (AvgIpc) is 2.61. The molecule has 2 rings (SSSR count). The van der Waals surface area contributed by atoms with Crippen LogP contribution in [0.25, 0.3) is 0 Å². The highest BCUT2D eigenvalue weighted by Gasteiger charge is 2.28. The van der Waals surface area contributed by atoms with Gasteiger partial charge in [0.15, 0.2) is 9.84 Å². The van der Waals surface area contributed by atoms with Gasteiger partial charge in [0.2, 0.25) is 0 Å². The molecule has 3 nitrogen and oxygen atoms in total. The second kappa shape index (κ2) is 5.59. The van der Waals surface area contributed by atoms with E-state index in [1.165, 1.54) is 5.56 Å². The van der Waals surface area contributed by atoms with Gasteiger partial charge in [-0.1, -0.05) is 23.7 Å². The van der Waals surface area contributed by atoms with Crippen LogP contribution in [0.2, 0.25) is 5.02 Å². The van der Waals surface area contributed by atoms with Gasteiger partial charge in [0.25, 0.3) is 0 Å². The van der Waals surface area contributed by atoms with Gasteiger partial charge in [0.05, 0.1) is 11.5 Å². The molecule has 18 heavy (non-hydrogen) atoms. The zero-order chi connectivity index (χ0) is 13.2. The van der Waals surface area contributed by atoms with E-state index < -0.39 is 9.84 Å². The topological polar surface area (TPSA) is 46.2 Å². The molecule has 0 bridgehead atoms. The second-order valence-corrected chi connectivity index (χ2v) is 7.66. The summed E-state index contributed by atoms with van der Waals surface area (Å²) in [6.07, 6.45) is 1.61. The van der Waals surface area contributed by atoms with Crippen LogP contribution < -0.4 is 5.32 Å². The second-order valence-electron chi connectivity index (χ2n) is 5.00. The van der Waals surface area contributed by atoms with Crippen LogP contribution in [0.4, 0.5) is 0 Å². The molecule has 5 heteroatoms. The Labute approximate surface area is 113 Å². The Morgan fingerprint density at radius 2 is 2.06 bits per heavy atom. The minimum atomic E-state index is -2.80. The maximum absolute atomic E-state index is 11.4. The first-order chi connectivity index (χ1) is 8.44. The van der Waals surface area contributed by atoms with E-state index >= 15 is 0 Å². The predicted molar refractivity (Wildman–Crippen MR) is 74.8 cm³/mol. The zero-order valence-electron chi connectivity index (χ0n) is 10.4. The minimum Gasteiger partial charge on any atom is -0.310 e. The van der Waals surface area contributed by atoms with Gasteiger partial charge in [-0.25, -0.2) is 8.42 Å². The number of hydrogen-bond acceptors (Lipinski definition) is 3. The number of nitrogens with one attached hydrogen (secondary N) is 1. The SMILES string of the molecule is CC(Cc1ccc(Cl)cc1)NC1CCS(=O)(=O)C1. The fraction of sp³-hybridized carbons (Fsp3) is 0.538. The van der Waals surface area contributed by atoms with Crippen LogP contribution in [0.5, 0.6) is 0 Å². The molecule has 1 N–H and O–H groups in total. The van der Waals surface area contributed by atoms with Gasteiger partial charge >= 0.3 is 0 Å². The Morgan fingerprint density at radius 3 is 2.61 bits per heavy atom. The standard InChI is InChI=1S/C13H18ClNO2S/c1-10(8-11-2-4-12(14)5-3-11)15-13-6-7-18(16,17)9-13/h2-5,10,13,15H,6-9H2,1H3. The fourth-order valence-electron chi connectivity index (χ4n) is 2.36. The van der Waals surface area contributed by atoms with Crippen LogP contribution >= 0.6 is 11.6 Å². The van der Waals surface area contributed by atoms with Crippen molar-refractivity contribution in [1.82, 2.24) is 5.32 Å². The summed E-state index contributed by atoms with van der Waals surface area (Å²) in [6, 6.07) is 8.15. The number of rotatable bonds is 4. The van der Waals surface area contributed by atoms with Crippen molar-refractivity contribution in [2.24, 2.45) is 0 Å². The van der Waals surface area contributed by atoms with Gasteiger partial charge in [-0.05, 0) is 37.5 Å². The van der Waals surface area contributed by atoms with E-state index in [0.717, 1.165) is 17.9 Å². The lowest BCUT2D eigenvalue weighted by Gasteiger charge is -2.18. The van der Waals surface area contributed by atoms with Gasteiger partial charge in [0, 0.05) is 17.1 Å². The van der Waals surface area contributed by atoms with Crippen LogP contribution in [0, 0.1) is 0 Å². The summed E-state index contributed by atoms with van der Waals surface area (Å²) >= 11 is 5.83. The normalized spacial score (nSPS) is 24.0. The molecule has 1 aromatic rings. The van der Waals surface area contributed by atoms with E-state index in [-0.39, 0.29) is 17.8 Å². The fourth-order valence-corrected chi connectivity index (χ4v) is 4.17.